The summed E-state index contributed by atoms with van der Waals surface area (Å²) in [6, 6.07) is 0. The topological polar surface area (TPSA) is 15.3 Å². The van der Waals surface area contributed by atoms with E-state index in [1.54, 1.807) is 0 Å². The van der Waals surface area contributed by atoms with E-state index in [2.05, 4.69) is 43.0 Å². The van der Waals surface area contributed by atoms with Crippen LogP contribution in [0.25, 0.3) is 0 Å². The molecule has 0 aromatic rings. The number of likely N-dealkylation sites (N-methyl/N-ethyl adjacent to an activating group) is 1. The summed E-state index contributed by atoms with van der Waals surface area (Å²) in [7, 11) is 0. The number of hydrogen-bond donors (Lipinski definition) is 1. The Bertz CT molecular complexity index is 219. The van der Waals surface area contributed by atoms with Crippen molar-refractivity contribution in [3.05, 3.63) is 23.4 Å². The number of nitrogens with one attached hydrogen (secondary N) is 1. The van der Waals surface area contributed by atoms with Gasteiger partial charge in [0.15, 0.2) is 0 Å². The molecule has 0 radical (unpaired) electrons. The average Bonchev–Trinajstić information content (AvgIpc) is 2.54. The third-order valence-electron chi connectivity index (χ3n) is 2.20. The van der Waals surface area contributed by atoms with Crippen LogP contribution in [0.1, 0.15) is 20.8 Å². The molecular weight excluding hydrogens is 180 g/mol. The smallest absolute Gasteiger partial charge is 0.0736 e. The predicted molar refractivity (Wildman–Crippen MR) is 60.3 cm³/mol. The van der Waals surface area contributed by atoms with Crippen LogP contribution in [0.2, 0.25) is 0 Å². The number of thioether (sulfide) groups is 1. The maximum absolute atomic E-state index is 4.09. The van der Waals surface area contributed by atoms with Gasteiger partial charge < -0.3 is 10.2 Å². The molecule has 0 aromatic carbocycles. The molecule has 0 fully saturated rings. The van der Waals surface area contributed by atoms with Crippen molar-refractivity contribution < 1.29 is 0 Å². The van der Waals surface area contributed by atoms with Gasteiger partial charge in [-0.25, -0.2) is 0 Å². The first-order chi connectivity index (χ1) is 6.19. The van der Waals surface area contributed by atoms with E-state index in [0.29, 0.717) is 5.37 Å². The van der Waals surface area contributed by atoms with E-state index in [0.717, 1.165) is 18.8 Å². The van der Waals surface area contributed by atoms with Crippen LogP contribution in [0.3, 0.4) is 0 Å². The van der Waals surface area contributed by atoms with E-state index in [4.69, 9.17) is 0 Å². The fourth-order valence-corrected chi connectivity index (χ4v) is 2.12. The summed E-state index contributed by atoms with van der Waals surface area (Å²) in [5.41, 5.74) is 2.29. The van der Waals surface area contributed by atoms with Crippen LogP contribution in [0.15, 0.2) is 23.4 Å². The molecule has 0 saturated carbocycles. The third kappa shape index (κ3) is 2.44. The van der Waals surface area contributed by atoms with Crippen LogP contribution in [0.5, 0.6) is 0 Å². The molecule has 0 bridgehead atoms. The normalized spacial score (nSPS) is 20.8. The van der Waals surface area contributed by atoms with Gasteiger partial charge in [0, 0.05) is 13.1 Å². The van der Waals surface area contributed by atoms with E-state index < -0.39 is 0 Å². The van der Waals surface area contributed by atoms with Crippen molar-refractivity contribution in [3.63, 3.8) is 0 Å². The minimum Gasteiger partial charge on any atom is -0.371 e. The Morgan fingerprint density at radius 3 is 2.62 bits per heavy atom. The van der Waals surface area contributed by atoms with Crippen LogP contribution in [-0.2, 0) is 0 Å². The first-order valence-electron chi connectivity index (χ1n) is 4.75. The van der Waals surface area contributed by atoms with Crippen molar-refractivity contribution in [2.24, 2.45) is 0 Å². The highest BCUT2D eigenvalue weighted by Crippen LogP contribution is 2.25. The number of nitrogens with zero attached hydrogens (tertiary/aromatic N) is 1. The minimum absolute atomic E-state index is 0.488. The Balaban J connectivity index is 2.57. The lowest BCUT2D eigenvalue weighted by Gasteiger charge is -2.24. The quantitative estimate of drug-likeness (QED) is 0.746. The summed E-state index contributed by atoms with van der Waals surface area (Å²) in [4.78, 5) is 2.26. The maximum atomic E-state index is 4.09. The predicted octanol–water partition coefficient (Wildman–Crippen LogP) is 2.37. The van der Waals surface area contributed by atoms with Crippen molar-refractivity contribution in [2.45, 2.75) is 26.1 Å². The van der Waals surface area contributed by atoms with Gasteiger partial charge in [-0.15, -0.1) is 11.8 Å². The van der Waals surface area contributed by atoms with Gasteiger partial charge in [-0.3, -0.25) is 0 Å². The van der Waals surface area contributed by atoms with Crippen molar-refractivity contribution in [2.75, 3.05) is 13.1 Å². The molecule has 0 saturated heterocycles. The van der Waals surface area contributed by atoms with E-state index in [9.17, 15) is 0 Å². The molecule has 1 rings (SSSR count). The van der Waals surface area contributed by atoms with Crippen LogP contribution in [-0.4, -0.2) is 23.4 Å². The highest BCUT2D eigenvalue weighted by molar-refractivity contribution is 8.02. The first kappa shape index (κ1) is 10.5. The summed E-state index contributed by atoms with van der Waals surface area (Å²) in [5, 5.41) is 6.03. The van der Waals surface area contributed by atoms with Crippen molar-refractivity contribution in [1.29, 1.82) is 0 Å². The van der Waals surface area contributed by atoms with Gasteiger partial charge in [0.05, 0.1) is 16.8 Å². The molecule has 1 aliphatic heterocycles. The van der Waals surface area contributed by atoms with E-state index in [1.807, 2.05) is 11.8 Å². The highest BCUT2D eigenvalue weighted by atomic mass is 32.2. The van der Waals surface area contributed by atoms with Gasteiger partial charge in [-0.05, 0) is 26.2 Å². The molecule has 3 heteroatoms. The molecule has 1 heterocycles. The molecule has 0 spiro atoms. The number of hydrogen-bond acceptors (Lipinski definition) is 3. The second kappa shape index (κ2) is 4.61. The number of rotatable bonds is 4. The molecule has 1 atom stereocenters. The van der Waals surface area contributed by atoms with E-state index in [1.165, 1.54) is 5.70 Å². The van der Waals surface area contributed by atoms with Crippen LogP contribution < -0.4 is 5.32 Å². The van der Waals surface area contributed by atoms with Gasteiger partial charge in [-0.2, -0.15) is 0 Å². The summed E-state index contributed by atoms with van der Waals surface area (Å²) in [5.74, 6) is 0. The second-order valence-corrected chi connectivity index (χ2v) is 4.29. The van der Waals surface area contributed by atoms with Crippen LogP contribution in [0.4, 0.5) is 0 Å². The Kier molecular flexibility index (Phi) is 3.72. The monoisotopic (exact) mass is 198 g/mol. The summed E-state index contributed by atoms with van der Waals surface area (Å²) in [6.45, 7) is 12.6. The van der Waals surface area contributed by atoms with E-state index >= 15 is 0 Å². The molecule has 1 N–H and O–H groups in total. The first-order valence-corrected chi connectivity index (χ1v) is 5.69. The summed E-state index contributed by atoms with van der Waals surface area (Å²) < 4.78 is 0. The van der Waals surface area contributed by atoms with Crippen molar-refractivity contribution in [1.82, 2.24) is 10.2 Å². The van der Waals surface area contributed by atoms with Gasteiger partial charge in [0.2, 0.25) is 0 Å². The molecule has 0 aromatic heterocycles. The van der Waals surface area contributed by atoms with Gasteiger partial charge in [-0.1, -0.05) is 6.58 Å². The fourth-order valence-electron chi connectivity index (χ4n) is 1.38. The summed E-state index contributed by atoms with van der Waals surface area (Å²) in [6.07, 6.45) is 0. The van der Waals surface area contributed by atoms with Gasteiger partial charge in [0.1, 0.15) is 0 Å². The van der Waals surface area contributed by atoms with Gasteiger partial charge in [0.25, 0.3) is 0 Å². The standard InChI is InChI=1S/C10H18N2S/c1-5-12(6-2)8(3)10-7-13-9(4)11-10/h7,9,11H,3,5-6H2,1-2,4H3. The molecular formula is C10H18N2S. The minimum atomic E-state index is 0.488. The molecule has 0 aliphatic carbocycles. The molecule has 1 unspecified atom stereocenters. The highest BCUT2D eigenvalue weighted by Gasteiger charge is 2.16. The zero-order chi connectivity index (χ0) is 9.84. The molecule has 2 nitrogen and oxygen atoms in total. The molecule has 13 heavy (non-hydrogen) atoms. The Hall–Kier alpha value is -0.570. The lowest BCUT2D eigenvalue weighted by Crippen LogP contribution is -2.28. The average molecular weight is 198 g/mol. The van der Waals surface area contributed by atoms with Crippen LogP contribution in [0, 0.1) is 0 Å². The SMILES string of the molecule is C=C(C1=CSC(C)N1)N(CC)CC. The second-order valence-electron chi connectivity index (χ2n) is 3.07. The van der Waals surface area contributed by atoms with E-state index in [-0.39, 0.29) is 0 Å². The Morgan fingerprint density at radius 1 is 1.62 bits per heavy atom. The molecule has 74 valence electrons. The third-order valence-corrected chi connectivity index (χ3v) is 3.10. The van der Waals surface area contributed by atoms with Crippen molar-refractivity contribution >= 4 is 11.8 Å². The molecule has 1 aliphatic rings. The van der Waals surface area contributed by atoms with Gasteiger partial charge >= 0.3 is 0 Å². The lowest BCUT2D eigenvalue weighted by molar-refractivity contribution is 0.386. The summed E-state index contributed by atoms with van der Waals surface area (Å²) >= 11 is 1.81. The zero-order valence-corrected chi connectivity index (χ0v) is 9.45. The van der Waals surface area contributed by atoms with Crippen molar-refractivity contribution in [3.8, 4) is 0 Å². The Morgan fingerprint density at radius 2 is 2.23 bits per heavy atom. The lowest BCUT2D eigenvalue weighted by atomic mass is 10.3. The zero-order valence-electron chi connectivity index (χ0n) is 8.63. The van der Waals surface area contributed by atoms with Crippen LogP contribution >= 0.6 is 11.8 Å². The fraction of sp³-hybridized carbons (Fsp3) is 0.600. The Labute approximate surface area is 85.1 Å². The molecule has 0 amide bonds. The maximum Gasteiger partial charge on any atom is 0.0736 e. The largest absolute Gasteiger partial charge is 0.371 e.